The summed E-state index contributed by atoms with van der Waals surface area (Å²) in [5.74, 6) is 0.286. The van der Waals surface area contributed by atoms with Gasteiger partial charge in [-0.1, -0.05) is 188 Å². The molecule has 0 aliphatic heterocycles. The first-order chi connectivity index (χ1) is 31.3. The number of hydrogen-bond donors (Lipinski definition) is 0. The molecule has 2 atom stereocenters. The van der Waals surface area contributed by atoms with Crippen molar-refractivity contribution in [2.45, 2.75) is 11.3 Å². The molecular weight excluding hydrogens is 761 g/mol. The highest BCUT2D eigenvalue weighted by Gasteiger charge is 2.58. The smallest absolute Gasteiger partial charge is 0.0547 e. The Morgan fingerprint density at radius 2 is 0.937 bits per heavy atom. The lowest BCUT2D eigenvalue weighted by Gasteiger charge is -2.40. The SMILES string of the molecule is C1=CC2C(C(N(c3ccc(-c4ccccc4)cc3)c3ccc(-c4ccc5c6ccccc6n(-c6ccccc6)c5c4)cc3)=C1)c1ccccc1C21c2ccccc2-c2ccccc21. The summed E-state index contributed by atoms with van der Waals surface area (Å²) in [5, 5.41) is 2.52. The Bertz CT molecular complexity index is 3400. The minimum atomic E-state index is -0.308. The predicted molar refractivity (Wildman–Crippen MR) is 262 cm³/mol. The highest BCUT2D eigenvalue weighted by Crippen LogP contribution is 2.66. The Balaban J connectivity index is 0.960. The second-order valence-electron chi connectivity index (χ2n) is 17.2. The van der Waals surface area contributed by atoms with Crippen LogP contribution in [0.15, 0.2) is 248 Å². The van der Waals surface area contributed by atoms with E-state index in [0.717, 1.165) is 17.1 Å². The number of para-hydroxylation sites is 2. The second-order valence-corrected chi connectivity index (χ2v) is 17.2. The summed E-state index contributed by atoms with van der Waals surface area (Å²) < 4.78 is 2.40. The van der Waals surface area contributed by atoms with Crippen molar-refractivity contribution in [3.63, 3.8) is 0 Å². The summed E-state index contributed by atoms with van der Waals surface area (Å²) in [4.78, 5) is 2.53. The van der Waals surface area contributed by atoms with Crippen molar-refractivity contribution in [3.8, 4) is 39.1 Å². The Labute approximate surface area is 368 Å². The lowest BCUT2D eigenvalue weighted by molar-refractivity contribution is 0.451. The van der Waals surface area contributed by atoms with Crippen molar-refractivity contribution in [2.75, 3.05) is 4.90 Å². The van der Waals surface area contributed by atoms with E-state index in [4.69, 9.17) is 0 Å². The molecule has 63 heavy (non-hydrogen) atoms. The van der Waals surface area contributed by atoms with Crippen LogP contribution in [0.25, 0.3) is 60.9 Å². The minimum Gasteiger partial charge on any atom is -0.314 e. The molecule has 0 radical (unpaired) electrons. The van der Waals surface area contributed by atoms with E-state index in [2.05, 4.69) is 252 Å². The highest BCUT2D eigenvalue weighted by molar-refractivity contribution is 6.10. The fourth-order valence-corrected chi connectivity index (χ4v) is 11.5. The van der Waals surface area contributed by atoms with E-state index < -0.39 is 0 Å². The molecule has 3 aliphatic carbocycles. The molecule has 2 heteroatoms. The van der Waals surface area contributed by atoms with Crippen LogP contribution in [0.1, 0.15) is 28.2 Å². The van der Waals surface area contributed by atoms with Crippen LogP contribution in [0.5, 0.6) is 0 Å². The van der Waals surface area contributed by atoms with Crippen LogP contribution in [-0.2, 0) is 5.41 Å². The lowest BCUT2D eigenvalue weighted by atomic mass is 9.65. The normalized spacial score (nSPS) is 16.4. The summed E-state index contributed by atoms with van der Waals surface area (Å²) in [6.45, 7) is 0. The molecule has 2 unspecified atom stereocenters. The maximum Gasteiger partial charge on any atom is 0.0547 e. The van der Waals surface area contributed by atoms with Crippen molar-refractivity contribution in [3.05, 3.63) is 271 Å². The molecule has 10 aromatic rings. The Hall–Kier alpha value is -7.94. The third-order valence-corrected chi connectivity index (χ3v) is 14.1. The third-order valence-electron chi connectivity index (χ3n) is 14.1. The van der Waals surface area contributed by atoms with Crippen molar-refractivity contribution in [1.29, 1.82) is 0 Å². The molecule has 13 rings (SSSR count). The van der Waals surface area contributed by atoms with Crippen LogP contribution in [0, 0.1) is 5.92 Å². The van der Waals surface area contributed by atoms with Gasteiger partial charge in [-0.25, -0.2) is 0 Å². The molecule has 0 saturated carbocycles. The van der Waals surface area contributed by atoms with Crippen molar-refractivity contribution in [2.24, 2.45) is 5.92 Å². The molecule has 0 amide bonds. The number of nitrogens with zero attached hydrogens (tertiary/aromatic N) is 2. The summed E-state index contributed by atoms with van der Waals surface area (Å²) >= 11 is 0. The molecule has 1 heterocycles. The number of anilines is 2. The number of benzene rings is 9. The molecule has 1 aromatic heterocycles. The van der Waals surface area contributed by atoms with E-state index in [0.29, 0.717) is 0 Å². The molecule has 296 valence electrons. The van der Waals surface area contributed by atoms with Crippen LogP contribution in [0.4, 0.5) is 11.4 Å². The van der Waals surface area contributed by atoms with Gasteiger partial charge in [0.2, 0.25) is 0 Å². The lowest BCUT2D eigenvalue weighted by Crippen LogP contribution is -2.35. The van der Waals surface area contributed by atoms with Gasteiger partial charge in [-0.05, 0) is 110 Å². The summed E-state index contributed by atoms with van der Waals surface area (Å²) in [5.41, 5.74) is 19.9. The molecule has 0 saturated heterocycles. The van der Waals surface area contributed by atoms with Gasteiger partial charge < -0.3 is 9.47 Å². The van der Waals surface area contributed by atoms with Gasteiger partial charge in [0.25, 0.3) is 0 Å². The van der Waals surface area contributed by atoms with E-state index in [1.807, 2.05) is 0 Å². The third kappa shape index (κ3) is 5.25. The highest BCUT2D eigenvalue weighted by atomic mass is 15.2. The quantitative estimate of drug-likeness (QED) is 0.163. The minimum absolute atomic E-state index is 0.112. The standard InChI is InChI=1S/C61H42N2/c1-3-16-41(17-4-1)42-30-35-46(36-31-42)62(47-37-32-43(33-38-47)44-34-39-51-50-22-10-14-28-57(50)63(59(51)40-44)45-18-5-2-6-19-45)58-29-15-27-56-60(58)52-23-9-13-26-55(52)61(56)53-24-11-7-20-48(53)49-21-8-12-25-54(49)61/h1-40,56,60H. The van der Waals surface area contributed by atoms with Gasteiger partial charge in [0.05, 0.1) is 16.4 Å². The number of allylic oxidation sites excluding steroid dienone is 4. The maximum absolute atomic E-state index is 2.53. The zero-order chi connectivity index (χ0) is 41.5. The van der Waals surface area contributed by atoms with Gasteiger partial charge >= 0.3 is 0 Å². The monoisotopic (exact) mass is 802 g/mol. The molecule has 2 nitrogen and oxygen atoms in total. The molecule has 3 aliphatic rings. The largest absolute Gasteiger partial charge is 0.314 e. The van der Waals surface area contributed by atoms with Crippen LogP contribution in [-0.4, -0.2) is 4.57 Å². The van der Waals surface area contributed by atoms with E-state index in [9.17, 15) is 0 Å². The average molecular weight is 803 g/mol. The van der Waals surface area contributed by atoms with E-state index in [1.54, 1.807) is 0 Å². The molecule has 1 spiro atoms. The van der Waals surface area contributed by atoms with Gasteiger partial charge in [-0.15, -0.1) is 0 Å². The second kappa shape index (κ2) is 14.1. The molecule has 0 fully saturated rings. The molecule has 0 bridgehead atoms. The van der Waals surface area contributed by atoms with Crippen LogP contribution in [0.2, 0.25) is 0 Å². The van der Waals surface area contributed by atoms with Crippen LogP contribution < -0.4 is 4.90 Å². The van der Waals surface area contributed by atoms with E-state index in [-0.39, 0.29) is 17.3 Å². The molecular formula is C61H42N2. The van der Waals surface area contributed by atoms with Gasteiger partial charge in [0.1, 0.15) is 0 Å². The van der Waals surface area contributed by atoms with Gasteiger partial charge in [0.15, 0.2) is 0 Å². The van der Waals surface area contributed by atoms with Gasteiger partial charge in [-0.2, -0.15) is 0 Å². The first kappa shape index (κ1) is 35.8. The van der Waals surface area contributed by atoms with Gasteiger partial charge in [0, 0.05) is 45.4 Å². The fraction of sp³-hybridized carbons (Fsp3) is 0.0492. The number of hydrogen-bond acceptors (Lipinski definition) is 1. The predicted octanol–water partition coefficient (Wildman–Crippen LogP) is 15.4. The van der Waals surface area contributed by atoms with Crippen LogP contribution >= 0.6 is 0 Å². The van der Waals surface area contributed by atoms with Crippen molar-refractivity contribution >= 4 is 33.2 Å². The number of fused-ring (bicyclic) bond motifs is 13. The first-order valence-corrected chi connectivity index (χ1v) is 22.1. The zero-order valence-electron chi connectivity index (χ0n) is 34.6. The van der Waals surface area contributed by atoms with Crippen molar-refractivity contribution < 1.29 is 0 Å². The van der Waals surface area contributed by atoms with E-state index >= 15 is 0 Å². The Kier molecular flexibility index (Phi) is 7.98. The van der Waals surface area contributed by atoms with E-state index in [1.165, 1.54) is 83.1 Å². The first-order valence-electron chi connectivity index (χ1n) is 22.1. The fourth-order valence-electron chi connectivity index (χ4n) is 11.5. The summed E-state index contributed by atoms with van der Waals surface area (Å²) in [7, 11) is 0. The topological polar surface area (TPSA) is 8.17 Å². The zero-order valence-corrected chi connectivity index (χ0v) is 34.6. The average Bonchev–Trinajstić information content (AvgIpc) is 3.97. The Morgan fingerprint density at radius 1 is 0.413 bits per heavy atom. The van der Waals surface area contributed by atoms with Gasteiger partial charge in [-0.3, -0.25) is 0 Å². The maximum atomic E-state index is 2.53. The number of aromatic nitrogens is 1. The molecule has 9 aromatic carbocycles. The molecule has 0 N–H and O–H groups in total. The van der Waals surface area contributed by atoms with Crippen LogP contribution in [0.3, 0.4) is 0 Å². The van der Waals surface area contributed by atoms with Crippen molar-refractivity contribution in [1.82, 2.24) is 4.57 Å². The number of rotatable bonds is 6. The summed E-state index contributed by atoms with van der Waals surface area (Å²) in [6, 6.07) is 83.0. The Morgan fingerprint density at radius 3 is 1.63 bits per heavy atom. The summed E-state index contributed by atoms with van der Waals surface area (Å²) in [6.07, 6.45) is 7.20.